The van der Waals surface area contributed by atoms with Crippen LogP contribution in [0.2, 0.25) is 0 Å². The molecule has 0 N–H and O–H groups in total. The van der Waals surface area contributed by atoms with Crippen LogP contribution in [0.15, 0.2) is 18.2 Å². The van der Waals surface area contributed by atoms with Gasteiger partial charge in [0.15, 0.2) is 6.54 Å². The van der Waals surface area contributed by atoms with Gasteiger partial charge in [-0.05, 0) is 42.9 Å². The maximum absolute atomic E-state index is 12.6. The van der Waals surface area contributed by atoms with Crippen LogP contribution in [0.25, 0.3) is 0 Å². The van der Waals surface area contributed by atoms with Gasteiger partial charge in [-0.2, -0.15) is 0 Å². The molecule has 0 spiro atoms. The maximum atomic E-state index is 12.6. The van der Waals surface area contributed by atoms with E-state index < -0.39 is 0 Å². The molecule has 0 saturated heterocycles. The molecule has 0 aliphatic heterocycles. The summed E-state index contributed by atoms with van der Waals surface area (Å²) < 4.78 is 6.80. The number of aryl methyl sites for hydroxylation is 1. The summed E-state index contributed by atoms with van der Waals surface area (Å²) in [5.41, 5.74) is 2.49. The Morgan fingerprint density at radius 2 is 1.75 bits per heavy atom. The van der Waals surface area contributed by atoms with Gasteiger partial charge in [0.05, 0.1) is 27.2 Å². The van der Waals surface area contributed by atoms with Crippen molar-refractivity contribution < 1.29 is 31.0 Å². The molecule has 5 heteroatoms. The van der Waals surface area contributed by atoms with E-state index in [0.29, 0.717) is 23.6 Å². The standard InChI is InChI=1S/C23H41N2O2.BrH/c1-8-13-24(14-9-2)23(26)18-25(6,7)15-10-16-27-22-17-20(5)11-12-21(22)19(3)4;/h11-12,17,19H,8-10,13-16,18H2,1-7H3;1H/q+1;/p-1. The Morgan fingerprint density at radius 1 is 1.14 bits per heavy atom. The van der Waals surface area contributed by atoms with E-state index in [1.807, 2.05) is 4.90 Å². The number of halogens is 1. The number of carbonyl (C=O) groups excluding carboxylic acids is 1. The summed E-state index contributed by atoms with van der Waals surface area (Å²) >= 11 is 0. The summed E-state index contributed by atoms with van der Waals surface area (Å²) in [6, 6.07) is 6.45. The molecule has 1 aromatic carbocycles. The highest BCUT2D eigenvalue weighted by Crippen LogP contribution is 2.27. The second kappa shape index (κ2) is 13.2. The fourth-order valence-corrected chi connectivity index (χ4v) is 3.36. The summed E-state index contributed by atoms with van der Waals surface area (Å²) in [6.45, 7) is 14.6. The molecule has 1 aromatic rings. The van der Waals surface area contributed by atoms with Gasteiger partial charge in [0.1, 0.15) is 5.75 Å². The first kappa shape index (κ1) is 26.9. The van der Waals surface area contributed by atoms with Crippen molar-refractivity contribution >= 4 is 5.91 Å². The number of amides is 1. The lowest BCUT2D eigenvalue weighted by atomic mass is 10.0. The van der Waals surface area contributed by atoms with Gasteiger partial charge >= 0.3 is 0 Å². The molecule has 0 unspecified atom stereocenters. The predicted octanol–water partition coefficient (Wildman–Crippen LogP) is 1.62. The van der Waals surface area contributed by atoms with E-state index in [-0.39, 0.29) is 22.9 Å². The average molecular weight is 457 g/mol. The van der Waals surface area contributed by atoms with Crippen LogP contribution < -0.4 is 21.7 Å². The van der Waals surface area contributed by atoms with Gasteiger partial charge < -0.3 is 31.1 Å². The number of hydrogen-bond donors (Lipinski definition) is 0. The quantitative estimate of drug-likeness (QED) is 0.353. The third-order valence-corrected chi connectivity index (χ3v) is 4.86. The average Bonchev–Trinajstić information content (AvgIpc) is 2.58. The van der Waals surface area contributed by atoms with Gasteiger partial charge in [-0.15, -0.1) is 0 Å². The van der Waals surface area contributed by atoms with Crippen LogP contribution in [-0.4, -0.2) is 62.2 Å². The minimum Gasteiger partial charge on any atom is -1.00 e. The van der Waals surface area contributed by atoms with Crippen molar-refractivity contribution in [3.8, 4) is 5.75 Å². The molecule has 0 aliphatic rings. The predicted molar refractivity (Wildman–Crippen MR) is 114 cm³/mol. The van der Waals surface area contributed by atoms with E-state index >= 15 is 0 Å². The van der Waals surface area contributed by atoms with Gasteiger partial charge in [0, 0.05) is 19.5 Å². The van der Waals surface area contributed by atoms with E-state index in [4.69, 9.17) is 4.74 Å². The number of quaternary nitrogens is 1. The van der Waals surface area contributed by atoms with Crippen molar-refractivity contribution in [3.63, 3.8) is 0 Å². The zero-order chi connectivity index (χ0) is 20.4. The molecule has 0 fully saturated rings. The Bertz CT molecular complexity index is 582. The smallest absolute Gasteiger partial charge is 0.277 e. The number of nitrogens with zero attached hydrogens (tertiary/aromatic N) is 2. The largest absolute Gasteiger partial charge is 1.00 e. The Balaban J connectivity index is 0.00000729. The highest BCUT2D eigenvalue weighted by atomic mass is 79.9. The molecule has 1 rings (SSSR count). The third-order valence-electron chi connectivity index (χ3n) is 4.86. The van der Waals surface area contributed by atoms with Crippen LogP contribution in [-0.2, 0) is 4.79 Å². The van der Waals surface area contributed by atoms with Crippen molar-refractivity contribution in [2.45, 2.75) is 59.8 Å². The maximum Gasteiger partial charge on any atom is 0.277 e. The second-order valence-corrected chi connectivity index (χ2v) is 8.60. The van der Waals surface area contributed by atoms with E-state index in [1.54, 1.807) is 0 Å². The zero-order valence-corrected chi connectivity index (χ0v) is 20.6. The minimum atomic E-state index is 0. The lowest BCUT2D eigenvalue weighted by molar-refractivity contribution is -0.882. The molecule has 0 saturated carbocycles. The van der Waals surface area contributed by atoms with E-state index in [9.17, 15) is 4.79 Å². The number of ether oxygens (including phenoxy) is 1. The number of rotatable bonds is 12. The van der Waals surface area contributed by atoms with Gasteiger partial charge in [0.25, 0.3) is 5.91 Å². The number of likely N-dealkylation sites (N-methyl/N-ethyl adjacent to an activating group) is 1. The van der Waals surface area contributed by atoms with Gasteiger partial charge in [-0.25, -0.2) is 0 Å². The van der Waals surface area contributed by atoms with Gasteiger partial charge in [-0.1, -0.05) is 39.8 Å². The van der Waals surface area contributed by atoms with Crippen LogP contribution in [0.1, 0.15) is 64.0 Å². The summed E-state index contributed by atoms with van der Waals surface area (Å²) in [5.74, 6) is 1.72. The van der Waals surface area contributed by atoms with E-state index in [2.05, 4.69) is 66.9 Å². The first-order valence-electron chi connectivity index (χ1n) is 10.5. The summed E-state index contributed by atoms with van der Waals surface area (Å²) in [6.07, 6.45) is 2.97. The summed E-state index contributed by atoms with van der Waals surface area (Å²) in [5, 5.41) is 0. The lowest BCUT2D eigenvalue weighted by Gasteiger charge is -2.32. The Morgan fingerprint density at radius 3 is 2.29 bits per heavy atom. The third kappa shape index (κ3) is 9.42. The molecular formula is C23H41BrN2O2. The summed E-state index contributed by atoms with van der Waals surface area (Å²) in [4.78, 5) is 14.6. The lowest BCUT2D eigenvalue weighted by Crippen LogP contribution is -3.00. The SMILES string of the molecule is CCCN(CCC)C(=O)C[N+](C)(C)CCCOc1cc(C)ccc1C(C)C.[Br-]. The molecule has 1 amide bonds. The second-order valence-electron chi connectivity index (χ2n) is 8.60. The molecule has 0 aliphatic carbocycles. The molecule has 0 bridgehead atoms. The van der Waals surface area contributed by atoms with Crippen molar-refractivity contribution in [1.82, 2.24) is 4.90 Å². The monoisotopic (exact) mass is 456 g/mol. The first-order chi connectivity index (χ1) is 12.7. The van der Waals surface area contributed by atoms with Gasteiger partial charge in [-0.3, -0.25) is 4.79 Å². The molecule has 162 valence electrons. The number of carbonyl (C=O) groups is 1. The zero-order valence-electron chi connectivity index (χ0n) is 19.1. The van der Waals surface area contributed by atoms with E-state index in [0.717, 1.165) is 44.6 Å². The topological polar surface area (TPSA) is 29.5 Å². The van der Waals surface area contributed by atoms with Gasteiger partial charge in [0.2, 0.25) is 0 Å². The summed E-state index contributed by atoms with van der Waals surface area (Å²) in [7, 11) is 4.28. The molecule has 4 nitrogen and oxygen atoms in total. The van der Waals surface area contributed by atoms with E-state index in [1.165, 1.54) is 11.1 Å². The minimum absolute atomic E-state index is 0. The highest BCUT2D eigenvalue weighted by Gasteiger charge is 2.23. The molecule has 0 radical (unpaired) electrons. The van der Waals surface area contributed by atoms with Crippen LogP contribution in [0.3, 0.4) is 0 Å². The van der Waals surface area contributed by atoms with Crippen molar-refractivity contribution in [2.75, 3.05) is 46.9 Å². The molecule has 0 heterocycles. The fourth-order valence-electron chi connectivity index (χ4n) is 3.36. The number of benzene rings is 1. The Hall–Kier alpha value is -1.07. The van der Waals surface area contributed by atoms with Crippen LogP contribution >= 0.6 is 0 Å². The molecule has 28 heavy (non-hydrogen) atoms. The Kier molecular flexibility index (Phi) is 12.7. The van der Waals surface area contributed by atoms with Crippen LogP contribution in [0, 0.1) is 6.92 Å². The van der Waals surface area contributed by atoms with Crippen molar-refractivity contribution in [3.05, 3.63) is 29.3 Å². The molecule has 0 aromatic heterocycles. The van der Waals surface area contributed by atoms with Crippen molar-refractivity contribution in [2.24, 2.45) is 0 Å². The fraction of sp³-hybridized carbons (Fsp3) is 0.696. The van der Waals surface area contributed by atoms with Crippen molar-refractivity contribution in [1.29, 1.82) is 0 Å². The first-order valence-corrected chi connectivity index (χ1v) is 10.5. The molecule has 0 atom stereocenters. The molecular weight excluding hydrogens is 416 g/mol. The highest BCUT2D eigenvalue weighted by molar-refractivity contribution is 5.77. The van der Waals surface area contributed by atoms with Crippen LogP contribution in [0.5, 0.6) is 5.75 Å². The van der Waals surface area contributed by atoms with Crippen LogP contribution in [0.4, 0.5) is 0 Å². The normalized spacial score (nSPS) is 11.3. The number of hydrogen-bond acceptors (Lipinski definition) is 2. The Labute approximate surface area is 183 Å².